The number of hydrogen-bond donors (Lipinski definition) is 2. The van der Waals surface area contributed by atoms with E-state index in [0.29, 0.717) is 24.8 Å². The van der Waals surface area contributed by atoms with Crippen molar-refractivity contribution in [1.82, 2.24) is 10.2 Å². The van der Waals surface area contributed by atoms with Crippen molar-refractivity contribution in [2.24, 2.45) is 10.9 Å². The first kappa shape index (κ1) is 26.4. The molecule has 7 nitrogen and oxygen atoms in total. The van der Waals surface area contributed by atoms with Crippen LogP contribution in [0.3, 0.4) is 0 Å². The molecule has 1 fully saturated rings. The molecule has 0 aliphatic carbocycles. The number of aliphatic imine (C=N–C) groups is 1. The number of likely N-dealkylation sites (tertiary alicyclic amines) is 1. The van der Waals surface area contributed by atoms with Crippen molar-refractivity contribution in [2.45, 2.75) is 26.5 Å². The SMILES string of the molecule is CCNC(=NCc1ccccc1NS(C)(=O)=O)N1CCC(COCc2ccccc2)C1.I. The van der Waals surface area contributed by atoms with Crippen molar-refractivity contribution >= 4 is 45.6 Å². The fourth-order valence-electron chi connectivity index (χ4n) is 3.62. The van der Waals surface area contributed by atoms with Crippen molar-refractivity contribution in [3.05, 3.63) is 65.7 Å². The number of benzene rings is 2. The number of anilines is 1. The second kappa shape index (κ2) is 13.0. The van der Waals surface area contributed by atoms with E-state index in [-0.39, 0.29) is 24.0 Å². The highest BCUT2D eigenvalue weighted by atomic mass is 127. The number of sulfonamides is 1. The van der Waals surface area contributed by atoms with E-state index < -0.39 is 10.0 Å². The van der Waals surface area contributed by atoms with Gasteiger partial charge in [0.25, 0.3) is 0 Å². The lowest BCUT2D eigenvalue weighted by Gasteiger charge is -2.22. The van der Waals surface area contributed by atoms with E-state index in [1.165, 1.54) is 5.56 Å². The van der Waals surface area contributed by atoms with Crippen molar-refractivity contribution in [3.8, 4) is 0 Å². The van der Waals surface area contributed by atoms with Gasteiger partial charge in [0.2, 0.25) is 10.0 Å². The van der Waals surface area contributed by atoms with Crippen LogP contribution in [0, 0.1) is 5.92 Å². The number of nitrogens with zero attached hydrogens (tertiary/aromatic N) is 2. The third-order valence-electron chi connectivity index (χ3n) is 5.10. The summed E-state index contributed by atoms with van der Waals surface area (Å²) < 4.78 is 31.8. The Hall–Kier alpha value is -1.85. The molecule has 32 heavy (non-hydrogen) atoms. The second-order valence-electron chi connectivity index (χ2n) is 7.80. The van der Waals surface area contributed by atoms with E-state index in [1.807, 2.05) is 43.3 Å². The lowest BCUT2D eigenvalue weighted by Crippen LogP contribution is -2.40. The Morgan fingerprint density at radius 2 is 1.88 bits per heavy atom. The number of nitrogens with one attached hydrogen (secondary N) is 2. The normalized spacial score (nSPS) is 16.5. The van der Waals surface area contributed by atoms with Gasteiger partial charge in [-0.1, -0.05) is 48.5 Å². The number of para-hydroxylation sites is 1. The van der Waals surface area contributed by atoms with Crippen molar-refractivity contribution in [3.63, 3.8) is 0 Å². The topological polar surface area (TPSA) is 83.0 Å². The number of ether oxygens (including phenoxy) is 1. The fraction of sp³-hybridized carbons (Fsp3) is 0.435. The number of rotatable bonds is 9. The minimum absolute atomic E-state index is 0. The van der Waals surface area contributed by atoms with Crippen LogP contribution in [-0.4, -0.2) is 51.8 Å². The Kier molecular flexibility index (Phi) is 10.7. The van der Waals surface area contributed by atoms with Crippen LogP contribution >= 0.6 is 24.0 Å². The molecule has 176 valence electrons. The summed E-state index contributed by atoms with van der Waals surface area (Å²) in [6.45, 7) is 6.39. The van der Waals surface area contributed by atoms with Gasteiger partial charge in [-0.2, -0.15) is 0 Å². The largest absolute Gasteiger partial charge is 0.376 e. The highest BCUT2D eigenvalue weighted by Crippen LogP contribution is 2.20. The number of halogens is 1. The lowest BCUT2D eigenvalue weighted by molar-refractivity contribution is 0.0906. The molecule has 0 spiro atoms. The molecule has 9 heteroatoms. The molecule has 1 aliphatic rings. The van der Waals surface area contributed by atoms with Crippen molar-refractivity contribution in [1.29, 1.82) is 0 Å². The van der Waals surface area contributed by atoms with E-state index in [1.54, 1.807) is 6.07 Å². The summed E-state index contributed by atoms with van der Waals surface area (Å²) in [6, 6.07) is 17.6. The average molecular weight is 573 g/mol. The van der Waals surface area contributed by atoms with Crippen molar-refractivity contribution < 1.29 is 13.2 Å². The third kappa shape index (κ3) is 8.59. The van der Waals surface area contributed by atoms with Crippen LogP contribution in [0.1, 0.15) is 24.5 Å². The predicted octanol–water partition coefficient (Wildman–Crippen LogP) is 3.68. The first-order valence-corrected chi connectivity index (χ1v) is 12.5. The Morgan fingerprint density at radius 3 is 2.59 bits per heavy atom. The van der Waals surface area contributed by atoms with E-state index in [9.17, 15) is 8.42 Å². The molecule has 1 unspecified atom stereocenters. The molecule has 3 rings (SSSR count). The standard InChI is InChI=1S/C23H32N4O3S.HI/c1-3-24-23(25-15-21-11-7-8-12-22(21)26-31(2,28)29)27-14-13-20(16-27)18-30-17-19-9-5-4-6-10-19;/h4-12,20,26H,3,13-18H2,1-2H3,(H,24,25);1H. The summed E-state index contributed by atoms with van der Waals surface area (Å²) in [5, 5.41) is 3.36. The van der Waals surface area contributed by atoms with Gasteiger partial charge in [-0.3, -0.25) is 4.72 Å². The molecule has 0 saturated carbocycles. The molecule has 0 bridgehead atoms. The maximum absolute atomic E-state index is 11.6. The first-order valence-electron chi connectivity index (χ1n) is 10.6. The van der Waals surface area contributed by atoms with Gasteiger partial charge < -0.3 is 15.0 Å². The smallest absolute Gasteiger partial charge is 0.229 e. The molecule has 1 aliphatic heterocycles. The zero-order valence-corrected chi connectivity index (χ0v) is 21.8. The third-order valence-corrected chi connectivity index (χ3v) is 5.69. The van der Waals surface area contributed by atoms with Gasteiger partial charge in [-0.15, -0.1) is 24.0 Å². The summed E-state index contributed by atoms with van der Waals surface area (Å²) in [4.78, 5) is 7.03. The summed E-state index contributed by atoms with van der Waals surface area (Å²) in [7, 11) is -3.34. The van der Waals surface area contributed by atoms with Gasteiger partial charge in [0.15, 0.2) is 5.96 Å². The Morgan fingerprint density at radius 1 is 1.16 bits per heavy atom. The van der Waals surface area contributed by atoms with Crippen LogP contribution < -0.4 is 10.0 Å². The number of guanidine groups is 1. The molecule has 2 N–H and O–H groups in total. The van der Waals surface area contributed by atoms with E-state index in [2.05, 4.69) is 27.1 Å². The van der Waals surface area contributed by atoms with Crippen LogP contribution in [0.2, 0.25) is 0 Å². The molecule has 0 aromatic heterocycles. The summed E-state index contributed by atoms with van der Waals surface area (Å²) in [5.74, 6) is 1.31. The Labute approximate surface area is 208 Å². The minimum atomic E-state index is -3.34. The highest BCUT2D eigenvalue weighted by molar-refractivity contribution is 14.0. The van der Waals surface area contributed by atoms with Crippen LogP contribution in [0.5, 0.6) is 0 Å². The van der Waals surface area contributed by atoms with Crippen LogP contribution in [0.25, 0.3) is 0 Å². The average Bonchev–Trinajstić information content (AvgIpc) is 3.20. The van der Waals surface area contributed by atoms with Gasteiger partial charge in [-0.05, 0) is 30.5 Å². The monoisotopic (exact) mass is 572 g/mol. The first-order chi connectivity index (χ1) is 14.9. The molecule has 1 saturated heterocycles. The van der Waals surface area contributed by atoms with Gasteiger partial charge in [0.1, 0.15) is 0 Å². The van der Waals surface area contributed by atoms with Gasteiger partial charge >= 0.3 is 0 Å². The molecular weight excluding hydrogens is 539 g/mol. The van der Waals surface area contributed by atoms with Gasteiger partial charge in [0, 0.05) is 25.6 Å². The highest BCUT2D eigenvalue weighted by Gasteiger charge is 2.25. The summed E-state index contributed by atoms with van der Waals surface area (Å²) >= 11 is 0. The lowest BCUT2D eigenvalue weighted by atomic mass is 10.1. The molecule has 2 aromatic carbocycles. The van der Waals surface area contributed by atoms with Crippen LogP contribution in [0.15, 0.2) is 59.6 Å². The van der Waals surface area contributed by atoms with Crippen molar-refractivity contribution in [2.75, 3.05) is 37.2 Å². The van der Waals surface area contributed by atoms with E-state index in [4.69, 9.17) is 9.73 Å². The molecule has 2 aromatic rings. The maximum atomic E-state index is 11.6. The molecule has 0 amide bonds. The zero-order valence-electron chi connectivity index (χ0n) is 18.7. The number of hydrogen-bond acceptors (Lipinski definition) is 4. The maximum Gasteiger partial charge on any atom is 0.229 e. The Bertz CT molecular complexity index is 970. The van der Waals surface area contributed by atoms with Gasteiger partial charge in [-0.25, -0.2) is 13.4 Å². The minimum Gasteiger partial charge on any atom is -0.376 e. The molecule has 1 atom stereocenters. The van der Waals surface area contributed by atoms with Gasteiger partial charge in [0.05, 0.1) is 31.7 Å². The quantitative estimate of drug-likeness (QED) is 0.272. The van der Waals surface area contributed by atoms with Crippen LogP contribution in [-0.2, 0) is 27.9 Å². The van der Waals surface area contributed by atoms with E-state index >= 15 is 0 Å². The fourth-order valence-corrected chi connectivity index (χ4v) is 4.22. The second-order valence-corrected chi connectivity index (χ2v) is 9.55. The zero-order chi connectivity index (χ0) is 22.1. The molecule has 0 radical (unpaired) electrons. The van der Waals surface area contributed by atoms with E-state index in [0.717, 1.165) is 50.4 Å². The summed E-state index contributed by atoms with van der Waals surface area (Å²) in [5.41, 5.74) is 2.59. The Balaban J connectivity index is 0.00000363. The summed E-state index contributed by atoms with van der Waals surface area (Å²) in [6.07, 6.45) is 2.22. The molecular formula is C23H33IN4O3S. The predicted molar refractivity (Wildman–Crippen MR) is 141 cm³/mol. The van der Waals surface area contributed by atoms with Crippen LogP contribution in [0.4, 0.5) is 5.69 Å². The molecule has 1 heterocycles.